The van der Waals surface area contributed by atoms with Crippen LogP contribution in [0.15, 0.2) is 30.2 Å². The predicted molar refractivity (Wildman–Crippen MR) is 91.1 cm³/mol. The van der Waals surface area contributed by atoms with Crippen LogP contribution in [0.2, 0.25) is 0 Å². The largest absolute Gasteiger partial charge is 0.355 e. The highest BCUT2D eigenvalue weighted by Gasteiger charge is 2.27. The van der Waals surface area contributed by atoms with Gasteiger partial charge in [-0.2, -0.15) is 5.10 Å². The van der Waals surface area contributed by atoms with E-state index in [-0.39, 0.29) is 5.91 Å². The van der Waals surface area contributed by atoms with E-state index in [9.17, 15) is 4.79 Å². The Hall–Kier alpha value is -2.32. The van der Waals surface area contributed by atoms with E-state index < -0.39 is 0 Å². The summed E-state index contributed by atoms with van der Waals surface area (Å²) in [6, 6.07) is 2.01. The zero-order valence-corrected chi connectivity index (χ0v) is 14.2. The average Bonchev–Trinajstić information content (AvgIpc) is 3.34. The molecule has 4 rings (SSSR count). The topological polar surface area (TPSA) is 75.4 Å². The minimum atomic E-state index is -0.159. The van der Waals surface area contributed by atoms with E-state index in [4.69, 9.17) is 0 Å². The first kappa shape index (κ1) is 15.2. The van der Waals surface area contributed by atoms with Gasteiger partial charge < -0.3 is 5.32 Å². The Balaban J connectivity index is 1.58. The van der Waals surface area contributed by atoms with Crippen molar-refractivity contribution < 1.29 is 4.79 Å². The Morgan fingerprint density at radius 2 is 2.38 bits per heavy atom. The van der Waals surface area contributed by atoms with Gasteiger partial charge in [0.1, 0.15) is 5.56 Å². The molecule has 0 spiro atoms. The van der Waals surface area contributed by atoms with Crippen molar-refractivity contribution >= 4 is 22.9 Å². The first-order chi connectivity index (χ1) is 11.8. The van der Waals surface area contributed by atoms with Crippen LogP contribution >= 0.6 is 11.3 Å². The number of hydrogen-bond donors (Lipinski definition) is 1. The minimum Gasteiger partial charge on any atom is -0.355 e. The first-order valence-corrected chi connectivity index (χ1v) is 8.78. The van der Waals surface area contributed by atoms with Gasteiger partial charge in [-0.1, -0.05) is 0 Å². The second kappa shape index (κ2) is 6.29. The fraction of sp³-hybridized carbons (Fsp3) is 0.375. The van der Waals surface area contributed by atoms with Crippen molar-refractivity contribution in [3.8, 4) is 0 Å². The molecule has 0 bridgehead atoms. The second-order valence-corrected chi connectivity index (χ2v) is 6.90. The third kappa shape index (κ3) is 2.67. The summed E-state index contributed by atoms with van der Waals surface area (Å²) in [5.41, 5.74) is 4.12. The lowest BCUT2D eigenvalue weighted by atomic mass is 10.0. The molecule has 4 heterocycles. The number of hydrogen-bond acceptors (Lipinski definition) is 6. The van der Waals surface area contributed by atoms with Gasteiger partial charge in [0.25, 0.3) is 5.91 Å². The third-order valence-electron chi connectivity index (χ3n) is 4.46. The lowest BCUT2D eigenvalue weighted by Crippen LogP contribution is -2.20. The lowest BCUT2D eigenvalue weighted by Gasteiger charge is -2.15. The zero-order chi connectivity index (χ0) is 16.5. The van der Waals surface area contributed by atoms with E-state index in [0.29, 0.717) is 17.1 Å². The maximum Gasteiger partial charge on any atom is 0.256 e. The monoisotopic (exact) mass is 342 g/mol. The van der Waals surface area contributed by atoms with E-state index in [1.165, 1.54) is 4.88 Å². The molecule has 1 amide bonds. The highest BCUT2D eigenvalue weighted by atomic mass is 32.1. The average molecular weight is 342 g/mol. The van der Waals surface area contributed by atoms with Crippen LogP contribution < -0.4 is 5.32 Å². The van der Waals surface area contributed by atoms with Gasteiger partial charge >= 0.3 is 0 Å². The van der Waals surface area contributed by atoms with Crippen molar-refractivity contribution in [1.29, 1.82) is 0 Å². The minimum absolute atomic E-state index is 0.159. The van der Waals surface area contributed by atoms with Crippen LogP contribution in [0, 0.1) is 0 Å². The molecule has 1 aliphatic heterocycles. The van der Waals surface area contributed by atoms with E-state index in [1.807, 2.05) is 22.3 Å². The molecule has 1 N–H and O–H groups in total. The molecule has 1 aliphatic rings. The van der Waals surface area contributed by atoms with Crippen LogP contribution in [0.5, 0.6) is 0 Å². The summed E-state index contributed by atoms with van der Waals surface area (Å²) in [5.74, 6) is 0.230. The van der Waals surface area contributed by atoms with Gasteiger partial charge in [0.2, 0.25) is 0 Å². The SMILES string of the molecule is CNC(=O)c1cnn2c([C@@H]3CCN(Cc4cncs4)C3)ccnc12. The molecule has 24 heavy (non-hydrogen) atoms. The van der Waals surface area contributed by atoms with Crippen molar-refractivity contribution in [3.63, 3.8) is 0 Å². The molecule has 0 unspecified atom stereocenters. The Morgan fingerprint density at radius 1 is 1.46 bits per heavy atom. The van der Waals surface area contributed by atoms with Crippen molar-refractivity contribution in [2.45, 2.75) is 18.9 Å². The number of likely N-dealkylation sites (tertiary alicyclic amines) is 1. The standard InChI is InChI=1S/C16H18N6OS/c1-17-16(23)13-7-20-22-14(2-4-19-15(13)22)11-3-5-21(8-11)9-12-6-18-10-24-12/h2,4,6-7,10-11H,3,5,8-9H2,1H3,(H,17,23)/t11-/m1/s1. The number of rotatable bonds is 4. The van der Waals surface area contributed by atoms with E-state index in [0.717, 1.165) is 31.7 Å². The van der Waals surface area contributed by atoms with Gasteiger partial charge in [-0.15, -0.1) is 11.3 Å². The summed E-state index contributed by atoms with van der Waals surface area (Å²) in [5, 5.41) is 7.03. The van der Waals surface area contributed by atoms with Gasteiger partial charge in [0.15, 0.2) is 5.65 Å². The van der Waals surface area contributed by atoms with Gasteiger partial charge in [0, 0.05) is 43.3 Å². The van der Waals surface area contributed by atoms with E-state index >= 15 is 0 Å². The van der Waals surface area contributed by atoms with Crippen LogP contribution in [-0.2, 0) is 6.54 Å². The molecule has 8 heteroatoms. The fourth-order valence-corrected chi connectivity index (χ4v) is 3.91. The second-order valence-electron chi connectivity index (χ2n) is 5.93. The van der Waals surface area contributed by atoms with E-state index in [1.54, 1.807) is 30.8 Å². The smallest absolute Gasteiger partial charge is 0.256 e. The number of nitrogens with zero attached hydrogens (tertiary/aromatic N) is 5. The van der Waals surface area contributed by atoms with Gasteiger partial charge in [-0.05, 0) is 19.0 Å². The first-order valence-electron chi connectivity index (χ1n) is 7.90. The summed E-state index contributed by atoms with van der Waals surface area (Å²) >= 11 is 1.69. The Labute approximate surface area is 143 Å². The molecule has 124 valence electrons. The molecular formula is C16H18N6OS. The van der Waals surface area contributed by atoms with Crippen LogP contribution in [0.3, 0.4) is 0 Å². The molecular weight excluding hydrogens is 324 g/mol. The molecule has 0 aromatic carbocycles. The van der Waals surface area contributed by atoms with Crippen LogP contribution in [0.4, 0.5) is 0 Å². The van der Waals surface area contributed by atoms with Gasteiger partial charge in [-0.25, -0.2) is 9.50 Å². The fourth-order valence-electron chi connectivity index (χ4n) is 3.27. The third-order valence-corrected chi connectivity index (χ3v) is 5.22. The van der Waals surface area contributed by atoms with Crippen LogP contribution in [-0.4, -0.2) is 50.5 Å². The highest BCUT2D eigenvalue weighted by Crippen LogP contribution is 2.29. The van der Waals surface area contributed by atoms with Crippen molar-refractivity contribution in [2.75, 3.05) is 20.1 Å². The normalized spacial score (nSPS) is 18.3. The number of aromatic nitrogens is 4. The number of nitrogens with one attached hydrogen (secondary N) is 1. The van der Waals surface area contributed by atoms with Crippen LogP contribution in [0.25, 0.3) is 5.65 Å². The Morgan fingerprint density at radius 3 is 3.17 bits per heavy atom. The molecule has 1 atom stereocenters. The maximum absolute atomic E-state index is 11.9. The number of fused-ring (bicyclic) bond motifs is 1. The number of carbonyl (C=O) groups is 1. The number of carbonyl (C=O) groups excluding carboxylic acids is 1. The summed E-state index contributed by atoms with van der Waals surface area (Å²) in [6.07, 6.45) is 6.37. The predicted octanol–water partition coefficient (Wildman–Crippen LogP) is 1.53. The molecule has 3 aromatic heterocycles. The Bertz CT molecular complexity index is 859. The molecule has 0 aliphatic carbocycles. The molecule has 0 radical (unpaired) electrons. The summed E-state index contributed by atoms with van der Waals surface area (Å²) in [4.78, 5) is 24.1. The van der Waals surface area contributed by atoms with Crippen molar-refractivity contribution in [3.05, 3.63) is 46.3 Å². The maximum atomic E-state index is 11.9. The molecule has 1 fully saturated rings. The lowest BCUT2D eigenvalue weighted by molar-refractivity contribution is 0.0964. The molecule has 7 nitrogen and oxygen atoms in total. The van der Waals surface area contributed by atoms with Crippen molar-refractivity contribution in [2.24, 2.45) is 0 Å². The van der Waals surface area contributed by atoms with Crippen molar-refractivity contribution in [1.82, 2.24) is 29.8 Å². The molecule has 1 saturated heterocycles. The number of thiazole rings is 1. The summed E-state index contributed by atoms with van der Waals surface area (Å²) in [6.45, 7) is 2.97. The molecule has 3 aromatic rings. The highest BCUT2D eigenvalue weighted by molar-refractivity contribution is 7.09. The van der Waals surface area contributed by atoms with Gasteiger partial charge in [0.05, 0.1) is 17.4 Å². The quantitative estimate of drug-likeness (QED) is 0.778. The van der Waals surface area contributed by atoms with Crippen LogP contribution in [0.1, 0.15) is 33.3 Å². The Kier molecular flexibility index (Phi) is 3.99. The zero-order valence-electron chi connectivity index (χ0n) is 13.3. The summed E-state index contributed by atoms with van der Waals surface area (Å²) in [7, 11) is 1.62. The molecule has 0 saturated carbocycles. The summed E-state index contributed by atoms with van der Waals surface area (Å²) < 4.78 is 1.81. The number of amides is 1. The van der Waals surface area contributed by atoms with E-state index in [2.05, 4.69) is 25.3 Å². The van der Waals surface area contributed by atoms with Gasteiger partial charge in [-0.3, -0.25) is 14.7 Å².